The molecule has 2 heterocycles. The number of hydrogen-bond acceptors (Lipinski definition) is 5. The van der Waals surface area contributed by atoms with Crippen LogP contribution in [-0.4, -0.2) is 21.0 Å². The second-order valence-electron chi connectivity index (χ2n) is 3.30. The largest absolute Gasteiger partial charge is 0.478 e. The molecule has 0 saturated carbocycles. The third kappa shape index (κ3) is 3.04. The van der Waals surface area contributed by atoms with Crippen molar-refractivity contribution >= 4 is 29.1 Å². The monoisotopic (exact) mass is 266 g/mol. The van der Waals surface area contributed by atoms with Gasteiger partial charge in [0.05, 0.1) is 10.6 Å². The smallest absolute Gasteiger partial charge is 0.338 e. The highest BCUT2D eigenvalue weighted by Gasteiger charge is 2.11. The van der Waals surface area contributed by atoms with Gasteiger partial charge >= 0.3 is 5.97 Å². The molecule has 0 aliphatic heterocycles. The van der Waals surface area contributed by atoms with Crippen LogP contribution in [0, 0.1) is 6.92 Å². The minimum absolute atomic E-state index is 0.249. The van der Waals surface area contributed by atoms with Gasteiger partial charge in [-0.1, -0.05) is 11.8 Å². The maximum Gasteiger partial charge on any atom is 0.338 e. The molecule has 0 saturated heterocycles. The fourth-order valence-electron chi connectivity index (χ4n) is 1.28. The van der Waals surface area contributed by atoms with Crippen LogP contribution in [0.5, 0.6) is 0 Å². The third-order valence-electron chi connectivity index (χ3n) is 2.02. The first-order valence-corrected chi connectivity index (χ1v) is 6.69. The summed E-state index contributed by atoms with van der Waals surface area (Å²) in [6.07, 6.45) is 3.42. The number of pyridine rings is 1. The minimum atomic E-state index is -0.943. The number of thioether (sulfide) groups is 1. The van der Waals surface area contributed by atoms with Gasteiger partial charge in [-0.15, -0.1) is 11.3 Å². The molecular formula is C11H10N2O2S2. The molecule has 0 spiro atoms. The van der Waals surface area contributed by atoms with Gasteiger partial charge in [-0.2, -0.15) is 0 Å². The van der Waals surface area contributed by atoms with Crippen molar-refractivity contribution in [3.05, 3.63) is 40.0 Å². The quantitative estimate of drug-likeness (QED) is 0.862. The van der Waals surface area contributed by atoms with E-state index in [-0.39, 0.29) is 5.56 Å². The number of thiazole rings is 1. The molecular weight excluding hydrogens is 256 g/mol. The lowest BCUT2D eigenvalue weighted by atomic mass is 10.3. The summed E-state index contributed by atoms with van der Waals surface area (Å²) in [7, 11) is 0. The molecule has 0 bridgehead atoms. The molecule has 0 radical (unpaired) electrons. The SMILES string of the molecule is Cc1ncc(CSc2ncccc2C(=O)O)s1. The normalized spacial score (nSPS) is 10.4. The molecule has 0 fully saturated rings. The Bertz CT molecular complexity index is 540. The molecule has 2 rings (SSSR count). The molecule has 0 unspecified atom stereocenters. The van der Waals surface area contributed by atoms with Gasteiger partial charge in [-0.3, -0.25) is 0 Å². The van der Waals surface area contributed by atoms with Crippen LogP contribution in [0.25, 0.3) is 0 Å². The van der Waals surface area contributed by atoms with Gasteiger partial charge in [-0.25, -0.2) is 14.8 Å². The average Bonchev–Trinajstić information content (AvgIpc) is 2.73. The average molecular weight is 266 g/mol. The van der Waals surface area contributed by atoms with E-state index in [2.05, 4.69) is 9.97 Å². The molecule has 88 valence electrons. The van der Waals surface area contributed by atoms with E-state index in [1.165, 1.54) is 11.8 Å². The topological polar surface area (TPSA) is 63.1 Å². The van der Waals surface area contributed by atoms with E-state index in [0.717, 1.165) is 9.88 Å². The first-order valence-electron chi connectivity index (χ1n) is 4.89. The number of rotatable bonds is 4. The molecule has 2 aromatic heterocycles. The van der Waals surface area contributed by atoms with Crippen LogP contribution in [0.2, 0.25) is 0 Å². The van der Waals surface area contributed by atoms with Gasteiger partial charge in [0.1, 0.15) is 5.03 Å². The van der Waals surface area contributed by atoms with Crippen molar-refractivity contribution in [2.75, 3.05) is 0 Å². The van der Waals surface area contributed by atoms with E-state index in [1.807, 2.05) is 13.1 Å². The number of carboxylic acids is 1. The maximum absolute atomic E-state index is 11.0. The van der Waals surface area contributed by atoms with Crippen molar-refractivity contribution < 1.29 is 9.90 Å². The lowest BCUT2D eigenvalue weighted by Crippen LogP contribution is -2.00. The van der Waals surface area contributed by atoms with Gasteiger partial charge in [0.2, 0.25) is 0 Å². The zero-order valence-electron chi connectivity index (χ0n) is 9.08. The van der Waals surface area contributed by atoms with Crippen LogP contribution in [-0.2, 0) is 5.75 Å². The van der Waals surface area contributed by atoms with Crippen molar-refractivity contribution in [1.82, 2.24) is 9.97 Å². The van der Waals surface area contributed by atoms with Crippen LogP contribution in [0.3, 0.4) is 0 Å². The lowest BCUT2D eigenvalue weighted by Gasteiger charge is -2.02. The van der Waals surface area contributed by atoms with Crippen molar-refractivity contribution in [2.45, 2.75) is 17.7 Å². The van der Waals surface area contributed by atoms with Crippen LogP contribution in [0.15, 0.2) is 29.6 Å². The molecule has 1 N–H and O–H groups in total. The highest BCUT2D eigenvalue weighted by atomic mass is 32.2. The Hall–Kier alpha value is -1.40. The summed E-state index contributed by atoms with van der Waals surface area (Å²) < 4.78 is 0. The van der Waals surface area contributed by atoms with Crippen LogP contribution in [0.1, 0.15) is 20.2 Å². The number of nitrogens with zero attached hydrogens (tertiary/aromatic N) is 2. The second kappa shape index (κ2) is 5.29. The number of carbonyl (C=O) groups is 1. The van der Waals surface area contributed by atoms with Gasteiger partial charge < -0.3 is 5.11 Å². The summed E-state index contributed by atoms with van der Waals surface area (Å²) in [5.74, 6) is -0.246. The number of aromatic carboxylic acids is 1. The molecule has 6 heteroatoms. The van der Waals surface area contributed by atoms with Crippen LogP contribution >= 0.6 is 23.1 Å². The van der Waals surface area contributed by atoms with Gasteiger partial charge in [0.15, 0.2) is 0 Å². The van der Waals surface area contributed by atoms with Crippen LogP contribution < -0.4 is 0 Å². The van der Waals surface area contributed by atoms with E-state index in [4.69, 9.17) is 5.11 Å². The van der Waals surface area contributed by atoms with Crippen molar-refractivity contribution in [3.8, 4) is 0 Å². The number of hydrogen-bond donors (Lipinski definition) is 1. The van der Waals surface area contributed by atoms with Crippen molar-refractivity contribution in [1.29, 1.82) is 0 Å². The molecule has 0 aromatic carbocycles. The summed E-state index contributed by atoms with van der Waals surface area (Å²) in [4.78, 5) is 20.3. The van der Waals surface area contributed by atoms with Gasteiger partial charge in [-0.05, 0) is 19.1 Å². The highest BCUT2D eigenvalue weighted by molar-refractivity contribution is 7.98. The summed E-state index contributed by atoms with van der Waals surface area (Å²) >= 11 is 3.03. The summed E-state index contributed by atoms with van der Waals surface area (Å²) in [5, 5.41) is 10.6. The number of carboxylic acid groups (broad SMARTS) is 1. The van der Waals surface area contributed by atoms with E-state index in [0.29, 0.717) is 10.8 Å². The van der Waals surface area contributed by atoms with E-state index >= 15 is 0 Å². The summed E-state index contributed by atoms with van der Waals surface area (Å²) in [5.41, 5.74) is 0.249. The Morgan fingerprint density at radius 2 is 2.35 bits per heavy atom. The third-order valence-corrected chi connectivity index (χ3v) is 4.17. The summed E-state index contributed by atoms with van der Waals surface area (Å²) in [6, 6.07) is 3.19. The Kier molecular flexibility index (Phi) is 3.75. The Balaban J connectivity index is 2.11. The zero-order valence-corrected chi connectivity index (χ0v) is 10.7. The molecule has 4 nitrogen and oxygen atoms in total. The van der Waals surface area contributed by atoms with Crippen molar-refractivity contribution in [3.63, 3.8) is 0 Å². The molecule has 17 heavy (non-hydrogen) atoms. The molecule has 0 aliphatic carbocycles. The van der Waals surface area contributed by atoms with Crippen molar-refractivity contribution in [2.24, 2.45) is 0 Å². The van der Waals surface area contributed by atoms with E-state index < -0.39 is 5.97 Å². The first-order chi connectivity index (χ1) is 8.16. The van der Waals surface area contributed by atoms with E-state index in [9.17, 15) is 4.79 Å². The fraction of sp³-hybridized carbons (Fsp3) is 0.182. The first kappa shape index (κ1) is 12.1. The Morgan fingerprint density at radius 3 is 3.00 bits per heavy atom. The van der Waals surface area contributed by atoms with Crippen LogP contribution in [0.4, 0.5) is 0 Å². The molecule has 0 amide bonds. The predicted molar refractivity (Wildman–Crippen MR) is 67.6 cm³/mol. The fourth-order valence-corrected chi connectivity index (χ4v) is 3.08. The van der Waals surface area contributed by atoms with Gasteiger partial charge in [0.25, 0.3) is 0 Å². The van der Waals surface area contributed by atoms with Gasteiger partial charge in [0, 0.05) is 23.0 Å². The molecule has 0 aliphatic rings. The minimum Gasteiger partial charge on any atom is -0.478 e. The Morgan fingerprint density at radius 1 is 1.53 bits per heavy atom. The summed E-state index contributed by atoms with van der Waals surface area (Å²) in [6.45, 7) is 1.95. The number of aromatic nitrogens is 2. The standard InChI is InChI=1S/C11H10N2O2S2/c1-7-13-5-8(17-7)6-16-10-9(11(14)15)3-2-4-12-10/h2-5H,6H2,1H3,(H,14,15). The zero-order chi connectivity index (χ0) is 12.3. The molecule has 0 atom stereocenters. The molecule has 2 aromatic rings. The second-order valence-corrected chi connectivity index (χ2v) is 5.58. The maximum atomic E-state index is 11.0. The Labute approximate surface area is 107 Å². The number of aryl methyl sites for hydroxylation is 1. The predicted octanol–water partition coefficient (Wildman–Crippen LogP) is 2.84. The highest BCUT2D eigenvalue weighted by Crippen LogP contribution is 2.26. The van der Waals surface area contributed by atoms with E-state index in [1.54, 1.807) is 29.7 Å². The lowest BCUT2D eigenvalue weighted by molar-refractivity contribution is 0.0692.